The minimum atomic E-state index is 0.269. The molecule has 22 heavy (non-hydrogen) atoms. The highest BCUT2D eigenvalue weighted by molar-refractivity contribution is 5.78. The lowest BCUT2D eigenvalue weighted by molar-refractivity contribution is -0.133. The van der Waals surface area contributed by atoms with Crippen molar-refractivity contribution in [2.75, 3.05) is 70.9 Å². The fourth-order valence-electron chi connectivity index (χ4n) is 3.02. The Morgan fingerprint density at radius 2 is 1.77 bits per heavy atom. The molecule has 0 saturated carbocycles. The quantitative estimate of drug-likeness (QED) is 0.785. The van der Waals surface area contributed by atoms with E-state index in [4.69, 9.17) is 0 Å². The van der Waals surface area contributed by atoms with Crippen molar-refractivity contribution < 1.29 is 4.79 Å². The van der Waals surface area contributed by atoms with E-state index >= 15 is 0 Å². The summed E-state index contributed by atoms with van der Waals surface area (Å²) in [6, 6.07) is 5.97. The van der Waals surface area contributed by atoms with E-state index in [1.54, 1.807) is 0 Å². The van der Waals surface area contributed by atoms with Crippen LogP contribution in [0, 0.1) is 0 Å². The number of pyridine rings is 1. The Morgan fingerprint density at radius 1 is 1.05 bits per heavy atom. The Balaban J connectivity index is 1.46. The van der Waals surface area contributed by atoms with Gasteiger partial charge in [-0.15, -0.1) is 0 Å². The molecule has 120 valence electrons. The normalized spacial score (nSPS) is 21.1. The van der Waals surface area contributed by atoms with E-state index < -0.39 is 0 Å². The molecular weight excluding hydrogens is 278 g/mol. The third-order valence-electron chi connectivity index (χ3n) is 4.56. The van der Waals surface area contributed by atoms with Gasteiger partial charge in [0, 0.05) is 58.6 Å². The van der Waals surface area contributed by atoms with E-state index in [0.717, 1.165) is 58.2 Å². The van der Waals surface area contributed by atoms with Crippen LogP contribution in [0.4, 0.5) is 5.82 Å². The molecule has 3 rings (SSSR count). The zero-order valence-electron chi connectivity index (χ0n) is 13.3. The Hall–Kier alpha value is -1.66. The number of aromatic nitrogens is 1. The SMILES string of the molecule is CN1CCN(CC(=O)N2CCN(c3ccccn3)CC2)CC1. The zero-order valence-corrected chi connectivity index (χ0v) is 13.3. The summed E-state index contributed by atoms with van der Waals surface area (Å²) in [6.07, 6.45) is 1.82. The molecule has 0 N–H and O–H groups in total. The Kier molecular flexibility index (Phi) is 4.90. The molecule has 0 spiro atoms. The number of carbonyl (C=O) groups excluding carboxylic acids is 1. The molecule has 1 aromatic rings. The van der Waals surface area contributed by atoms with Crippen molar-refractivity contribution in [3.63, 3.8) is 0 Å². The van der Waals surface area contributed by atoms with Gasteiger partial charge in [-0.05, 0) is 19.2 Å². The van der Waals surface area contributed by atoms with E-state index in [2.05, 4.69) is 26.7 Å². The van der Waals surface area contributed by atoms with Crippen LogP contribution in [0.1, 0.15) is 0 Å². The van der Waals surface area contributed by atoms with Gasteiger partial charge in [0.25, 0.3) is 0 Å². The number of hydrogen-bond donors (Lipinski definition) is 0. The number of rotatable bonds is 3. The van der Waals surface area contributed by atoms with Crippen LogP contribution in [0.2, 0.25) is 0 Å². The van der Waals surface area contributed by atoms with Gasteiger partial charge in [-0.1, -0.05) is 6.07 Å². The number of anilines is 1. The van der Waals surface area contributed by atoms with Crippen LogP contribution in [0.5, 0.6) is 0 Å². The highest BCUT2D eigenvalue weighted by atomic mass is 16.2. The van der Waals surface area contributed by atoms with Crippen LogP contribution in [0.3, 0.4) is 0 Å². The van der Waals surface area contributed by atoms with Crippen molar-refractivity contribution >= 4 is 11.7 Å². The zero-order chi connectivity index (χ0) is 15.4. The number of nitrogens with zero attached hydrogens (tertiary/aromatic N) is 5. The van der Waals surface area contributed by atoms with Gasteiger partial charge in [-0.2, -0.15) is 0 Å². The Bertz CT molecular complexity index is 479. The van der Waals surface area contributed by atoms with E-state index in [1.165, 1.54) is 0 Å². The summed E-state index contributed by atoms with van der Waals surface area (Å²) < 4.78 is 0. The number of likely N-dealkylation sites (N-methyl/N-ethyl adjacent to an activating group) is 1. The first-order valence-electron chi connectivity index (χ1n) is 8.07. The highest BCUT2D eigenvalue weighted by Gasteiger charge is 2.24. The third kappa shape index (κ3) is 3.75. The predicted molar refractivity (Wildman–Crippen MR) is 87.0 cm³/mol. The summed E-state index contributed by atoms with van der Waals surface area (Å²) in [6.45, 7) is 7.99. The molecule has 0 aromatic carbocycles. The molecule has 0 aliphatic carbocycles. The van der Waals surface area contributed by atoms with Crippen LogP contribution in [-0.4, -0.2) is 91.5 Å². The summed E-state index contributed by atoms with van der Waals surface area (Å²) in [5, 5.41) is 0. The summed E-state index contributed by atoms with van der Waals surface area (Å²) in [5.74, 6) is 1.28. The maximum Gasteiger partial charge on any atom is 0.236 e. The Morgan fingerprint density at radius 3 is 2.41 bits per heavy atom. The molecule has 2 fully saturated rings. The van der Waals surface area contributed by atoms with E-state index in [0.29, 0.717) is 6.54 Å². The van der Waals surface area contributed by atoms with Crippen molar-refractivity contribution in [3.8, 4) is 0 Å². The lowest BCUT2D eigenvalue weighted by atomic mass is 10.2. The molecule has 2 saturated heterocycles. The van der Waals surface area contributed by atoms with Crippen molar-refractivity contribution in [1.29, 1.82) is 0 Å². The first-order chi connectivity index (χ1) is 10.7. The number of piperazine rings is 2. The minimum absolute atomic E-state index is 0.269. The van der Waals surface area contributed by atoms with Crippen LogP contribution in [0.15, 0.2) is 24.4 Å². The standard InChI is InChI=1S/C16H25N5O/c1-18-6-8-19(9-7-18)14-16(22)21-12-10-20(11-13-21)15-4-2-3-5-17-15/h2-5H,6-14H2,1H3. The molecule has 0 atom stereocenters. The molecule has 0 unspecified atom stereocenters. The molecule has 0 radical (unpaired) electrons. The molecule has 2 aliphatic heterocycles. The maximum atomic E-state index is 12.4. The lowest BCUT2D eigenvalue weighted by Gasteiger charge is -2.37. The molecule has 0 bridgehead atoms. The summed E-state index contributed by atoms with van der Waals surface area (Å²) in [7, 11) is 2.13. The van der Waals surface area contributed by atoms with Gasteiger partial charge in [-0.3, -0.25) is 9.69 Å². The largest absolute Gasteiger partial charge is 0.353 e. The summed E-state index contributed by atoms with van der Waals surface area (Å²) in [4.78, 5) is 25.6. The maximum absolute atomic E-state index is 12.4. The topological polar surface area (TPSA) is 42.9 Å². The lowest BCUT2D eigenvalue weighted by Crippen LogP contribution is -2.53. The van der Waals surface area contributed by atoms with E-state index in [-0.39, 0.29) is 5.91 Å². The van der Waals surface area contributed by atoms with Crippen LogP contribution >= 0.6 is 0 Å². The Labute approximate surface area is 132 Å². The fraction of sp³-hybridized carbons (Fsp3) is 0.625. The van der Waals surface area contributed by atoms with Crippen molar-refractivity contribution in [2.45, 2.75) is 0 Å². The number of carbonyl (C=O) groups is 1. The van der Waals surface area contributed by atoms with Gasteiger partial charge in [0.15, 0.2) is 0 Å². The van der Waals surface area contributed by atoms with Gasteiger partial charge in [0.1, 0.15) is 5.82 Å². The minimum Gasteiger partial charge on any atom is -0.353 e. The molecule has 2 aliphatic rings. The first-order valence-corrected chi connectivity index (χ1v) is 8.07. The average Bonchev–Trinajstić information content (AvgIpc) is 2.58. The van der Waals surface area contributed by atoms with Gasteiger partial charge < -0.3 is 14.7 Å². The monoisotopic (exact) mass is 303 g/mol. The van der Waals surface area contributed by atoms with Crippen LogP contribution < -0.4 is 4.90 Å². The average molecular weight is 303 g/mol. The van der Waals surface area contributed by atoms with E-state index in [9.17, 15) is 4.79 Å². The fourth-order valence-corrected chi connectivity index (χ4v) is 3.02. The van der Waals surface area contributed by atoms with Gasteiger partial charge in [0.2, 0.25) is 5.91 Å². The van der Waals surface area contributed by atoms with Crippen LogP contribution in [-0.2, 0) is 4.79 Å². The second kappa shape index (κ2) is 7.07. The first kappa shape index (κ1) is 15.2. The summed E-state index contributed by atoms with van der Waals surface area (Å²) >= 11 is 0. The molecule has 6 heteroatoms. The molecule has 6 nitrogen and oxygen atoms in total. The van der Waals surface area contributed by atoms with E-state index in [1.807, 2.05) is 29.3 Å². The molecule has 1 amide bonds. The molecule has 1 aromatic heterocycles. The smallest absolute Gasteiger partial charge is 0.236 e. The number of hydrogen-bond acceptors (Lipinski definition) is 5. The number of amides is 1. The summed E-state index contributed by atoms with van der Waals surface area (Å²) in [5.41, 5.74) is 0. The van der Waals surface area contributed by atoms with Gasteiger partial charge in [-0.25, -0.2) is 4.98 Å². The van der Waals surface area contributed by atoms with Crippen molar-refractivity contribution in [1.82, 2.24) is 19.7 Å². The second-order valence-corrected chi connectivity index (χ2v) is 6.14. The highest BCUT2D eigenvalue weighted by Crippen LogP contribution is 2.12. The van der Waals surface area contributed by atoms with Gasteiger partial charge in [0.05, 0.1) is 6.54 Å². The van der Waals surface area contributed by atoms with Gasteiger partial charge >= 0.3 is 0 Å². The van der Waals surface area contributed by atoms with Crippen molar-refractivity contribution in [2.24, 2.45) is 0 Å². The van der Waals surface area contributed by atoms with Crippen LogP contribution in [0.25, 0.3) is 0 Å². The molecular formula is C16H25N5O. The molecule has 3 heterocycles. The second-order valence-electron chi connectivity index (χ2n) is 6.14. The third-order valence-corrected chi connectivity index (χ3v) is 4.56. The van der Waals surface area contributed by atoms with Crippen molar-refractivity contribution in [3.05, 3.63) is 24.4 Å². The predicted octanol–water partition coefficient (Wildman–Crippen LogP) is -0.0224.